The predicted molar refractivity (Wildman–Crippen MR) is 168 cm³/mol. The van der Waals surface area contributed by atoms with Gasteiger partial charge in [-0.3, -0.25) is 19.2 Å². The van der Waals surface area contributed by atoms with E-state index in [4.69, 9.17) is 4.74 Å². The van der Waals surface area contributed by atoms with Crippen LogP contribution >= 0.6 is 11.3 Å². The molecule has 0 bridgehead atoms. The van der Waals surface area contributed by atoms with E-state index in [-0.39, 0.29) is 23.4 Å². The zero-order valence-corrected chi connectivity index (χ0v) is 24.1. The van der Waals surface area contributed by atoms with Gasteiger partial charge in [0.2, 0.25) is 0 Å². The fourth-order valence-electron chi connectivity index (χ4n) is 4.97. The molecule has 0 saturated carbocycles. The Balaban J connectivity index is 1.14. The van der Waals surface area contributed by atoms with E-state index in [9.17, 15) is 19.2 Å². The first kappa shape index (κ1) is 28.1. The number of hydrogen-bond acceptors (Lipinski definition) is 8. The maximum absolute atomic E-state index is 13.3. The lowest BCUT2D eigenvalue weighted by Gasteiger charge is -2.28. The first-order valence-electron chi connectivity index (χ1n) is 13.8. The van der Waals surface area contributed by atoms with E-state index in [1.807, 2.05) is 24.3 Å². The third-order valence-corrected chi connectivity index (χ3v) is 8.44. The van der Waals surface area contributed by atoms with Crippen LogP contribution in [0.15, 0.2) is 85.1 Å². The van der Waals surface area contributed by atoms with Crippen molar-refractivity contribution in [2.45, 2.75) is 6.92 Å². The first-order valence-corrected chi connectivity index (χ1v) is 14.6. The van der Waals surface area contributed by atoms with Crippen LogP contribution < -0.4 is 20.9 Å². The van der Waals surface area contributed by atoms with Crippen LogP contribution in [0.25, 0.3) is 5.57 Å². The molecule has 1 saturated heterocycles. The van der Waals surface area contributed by atoms with Crippen LogP contribution in [0.3, 0.4) is 0 Å². The number of ether oxygens (including phenoxy) is 1. The number of thiophene rings is 1. The summed E-state index contributed by atoms with van der Waals surface area (Å²) < 4.78 is 5.42. The first-order chi connectivity index (χ1) is 20.9. The number of nitrogens with one attached hydrogen (secondary N) is 3. The van der Waals surface area contributed by atoms with E-state index >= 15 is 0 Å². The van der Waals surface area contributed by atoms with Gasteiger partial charge in [-0.1, -0.05) is 24.3 Å². The normalized spacial score (nSPS) is 15.1. The number of hydrogen-bond donors (Lipinski definition) is 3. The lowest BCUT2D eigenvalue weighted by Crippen LogP contribution is -2.36. The van der Waals surface area contributed by atoms with Gasteiger partial charge in [-0.25, -0.2) is 0 Å². The molecule has 2 aliphatic rings. The highest BCUT2D eigenvalue weighted by molar-refractivity contribution is 7.16. The van der Waals surface area contributed by atoms with Crippen LogP contribution in [-0.4, -0.2) is 49.7 Å². The number of amides is 2. The van der Waals surface area contributed by atoms with Crippen molar-refractivity contribution < 1.29 is 23.9 Å². The third kappa shape index (κ3) is 6.11. The van der Waals surface area contributed by atoms with Gasteiger partial charge in [-0.15, -0.1) is 11.3 Å². The second-order valence-electron chi connectivity index (χ2n) is 10.1. The number of fused-ring (bicyclic) bond motifs is 1. The topological polar surface area (TPSA) is 117 Å². The molecular weight excluding hydrogens is 564 g/mol. The van der Waals surface area contributed by atoms with Crippen molar-refractivity contribution in [2.24, 2.45) is 0 Å². The van der Waals surface area contributed by atoms with Crippen molar-refractivity contribution in [1.82, 2.24) is 0 Å². The Bertz CT molecular complexity index is 1770. The van der Waals surface area contributed by atoms with Crippen LogP contribution in [0.5, 0.6) is 0 Å². The van der Waals surface area contributed by atoms with E-state index in [1.54, 1.807) is 60.8 Å². The number of morpholine rings is 1. The van der Waals surface area contributed by atoms with Crippen LogP contribution in [0.1, 0.15) is 47.8 Å². The molecule has 3 heterocycles. The van der Waals surface area contributed by atoms with Crippen molar-refractivity contribution in [3.8, 4) is 0 Å². The SMILES string of the molecule is CC(=O)c1ccc(C(=O)Nc2cccc(C(=O)c3ccc4c(c3)NC(=O)C4=CNc3ccc(N4CCOCC4)cc3)c2)s1. The summed E-state index contributed by atoms with van der Waals surface area (Å²) >= 11 is 1.12. The van der Waals surface area contributed by atoms with Crippen LogP contribution in [0.2, 0.25) is 0 Å². The summed E-state index contributed by atoms with van der Waals surface area (Å²) in [6.45, 7) is 4.62. The fraction of sp³-hybridized carbons (Fsp3) is 0.152. The predicted octanol–water partition coefficient (Wildman–Crippen LogP) is 5.68. The monoisotopic (exact) mass is 592 g/mol. The molecule has 0 aliphatic carbocycles. The molecule has 0 radical (unpaired) electrons. The van der Waals surface area contributed by atoms with Crippen LogP contribution in [-0.2, 0) is 9.53 Å². The van der Waals surface area contributed by atoms with E-state index in [0.717, 1.165) is 49.0 Å². The van der Waals surface area contributed by atoms with Gasteiger partial charge in [-0.05, 0) is 61.5 Å². The van der Waals surface area contributed by atoms with Gasteiger partial charge in [0.1, 0.15) is 0 Å². The van der Waals surface area contributed by atoms with Gasteiger partial charge in [0, 0.05) is 58.7 Å². The number of ketones is 2. The number of Topliss-reactive ketones (excluding diaryl/α,β-unsaturated/α-hetero) is 1. The summed E-state index contributed by atoms with van der Waals surface area (Å²) in [5, 5.41) is 8.85. The Morgan fingerprint density at radius 3 is 2.37 bits per heavy atom. The molecule has 3 N–H and O–H groups in total. The Morgan fingerprint density at radius 2 is 1.63 bits per heavy atom. The maximum atomic E-state index is 13.3. The molecule has 2 amide bonds. The molecule has 0 unspecified atom stereocenters. The van der Waals surface area contributed by atoms with Crippen molar-refractivity contribution >= 4 is 63.0 Å². The molecule has 2 aliphatic heterocycles. The number of carbonyl (C=O) groups is 4. The second kappa shape index (κ2) is 12.0. The van der Waals surface area contributed by atoms with Crippen molar-refractivity contribution in [2.75, 3.05) is 47.2 Å². The van der Waals surface area contributed by atoms with Gasteiger partial charge >= 0.3 is 0 Å². The van der Waals surface area contributed by atoms with Gasteiger partial charge < -0.3 is 25.6 Å². The van der Waals surface area contributed by atoms with Crippen LogP contribution in [0.4, 0.5) is 22.7 Å². The molecule has 3 aromatic carbocycles. The summed E-state index contributed by atoms with van der Waals surface area (Å²) in [6, 6.07) is 23.0. The lowest BCUT2D eigenvalue weighted by molar-refractivity contribution is -0.110. The molecule has 1 fully saturated rings. The minimum Gasteiger partial charge on any atom is -0.378 e. The molecule has 6 rings (SSSR count). The van der Waals surface area contributed by atoms with Gasteiger partial charge in [-0.2, -0.15) is 0 Å². The van der Waals surface area contributed by atoms with E-state index < -0.39 is 0 Å². The number of nitrogens with zero attached hydrogens (tertiary/aromatic N) is 1. The Kier molecular flexibility index (Phi) is 7.86. The third-order valence-electron chi connectivity index (χ3n) is 7.25. The molecular formula is C33H28N4O5S. The Morgan fingerprint density at radius 1 is 0.884 bits per heavy atom. The highest BCUT2D eigenvalue weighted by atomic mass is 32.1. The van der Waals surface area contributed by atoms with Gasteiger partial charge in [0.05, 0.1) is 28.5 Å². The van der Waals surface area contributed by atoms with Gasteiger partial charge in [0.25, 0.3) is 11.8 Å². The molecule has 0 spiro atoms. The number of benzene rings is 3. The van der Waals surface area contributed by atoms with E-state index in [0.29, 0.717) is 43.4 Å². The average molecular weight is 593 g/mol. The number of anilines is 4. The molecule has 216 valence electrons. The largest absolute Gasteiger partial charge is 0.378 e. The minimum atomic E-state index is -0.358. The average Bonchev–Trinajstić information content (AvgIpc) is 3.65. The molecule has 1 aromatic heterocycles. The van der Waals surface area contributed by atoms with Crippen molar-refractivity contribution in [3.63, 3.8) is 0 Å². The lowest BCUT2D eigenvalue weighted by atomic mass is 9.99. The second-order valence-corrected chi connectivity index (χ2v) is 11.2. The highest BCUT2D eigenvalue weighted by Crippen LogP contribution is 2.33. The van der Waals surface area contributed by atoms with Crippen molar-refractivity contribution in [1.29, 1.82) is 0 Å². The smallest absolute Gasteiger partial charge is 0.265 e. The standard InChI is InChI=1S/C33H28N4O5S/c1-20(38)29-11-12-30(43-29)33(41)35-24-4-2-3-21(17-24)31(39)22-5-10-26-27(32(40)36-28(26)18-22)19-34-23-6-8-25(9-7-23)37-13-15-42-16-14-37/h2-12,17-19,34H,13-16H2,1H3,(H,35,41)(H,36,40). The number of rotatable bonds is 8. The van der Waals surface area contributed by atoms with E-state index in [1.165, 1.54) is 6.92 Å². The summed E-state index contributed by atoms with van der Waals surface area (Å²) in [5.41, 5.74) is 4.94. The van der Waals surface area contributed by atoms with Crippen LogP contribution in [0, 0.1) is 0 Å². The minimum absolute atomic E-state index is 0.101. The molecule has 0 atom stereocenters. The van der Waals surface area contributed by atoms with Crippen molar-refractivity contribution in [3.05, 3.63) is 112 Å². The number of carbonyl (C=O) groups excluding carboxylic acids is 4. The zero-order valence-electron chi connectivity index (χ0n) is 23.3. The maximum Gasteiger partial charge on any atom is 0.265 e. The quantitative estimate of drug-likeness (QED) is 0.178. The molecule has 10 heteroatoms. The highest BCUT2D eigenvalue weighted by Gasteiger charge is 2.25. The summed E-state index contributed by atoms with van der Waals surface area (Å²) in [5.74, 6) is -0.971. The van der Waals surface area contributed by atoms with Gasteiger partial charge in [0.15, 0.2) is 11.6 Å². The Hall–Kier alpha value is -5.06. The summed E-state index contributed by atoms with van der Waals surface area (Å²) in [7, 11) is 0. The Labute approximate surface area is 252 Å². The molecule has 9 nitrogen and oxygen atoms in total. The zero-order chi connectivity index (χ0) is 29.9. The van der Waals surface area contributed by atoms with E-state index in [2.05, 4.69) is 20.9 Å². The summed E-state index contributed by atoms with van der Waals surface area (Å²) in [6.07, 6.45) is 1.67. The fourth-order valence-corrected chi connectivity index (χ4v) is 5.77. The molecule has 43 heavy (non-hydrogen) atoms. The summed E-state index contributed by atoms with van der Waals surface area (Å²) in [4.78, 5) is 53.5. The molecule has 4 aromatic rings.